The number of aromatic amines is 1. The Labute approximate surface area is 257 Å². The van der Waals surface area contributed by atoms with Gasteiger partial charge in [-0.15, -0.1) is 0 Å². The number of halogens is 4. The molecule has 0 amide bonds. The Morgan fingerprint density at radius 3 is 2.84 bits per heavy atom. The average Bonchev–Trinajstić information content (AvgIpc) is 3.66. The van der Waals surface area contributed by atoms with Crippen LogP contribution >= 0.6 is 11.6 Å². The number of allylic oxidation sites excluding steroid dienone is 1. The summed E-state index contributed by atoms with van der Waals surface area (Å²) in [5.41, 5.74) is -0.492. The van der Waals surface area contributed by atoms with E-state index in [9.17, 15) is 13.9 Å². The number of H-pyrrole nitrogens is 1. The van der Waals surface area contributed by atoms with Crippen LogP contribution in [0.2, 0.25) is 5.02 Å². The number of piperidine rings is 1. The maximum absolute atomic E-state index is 16.8. The van der Waals surface area contributed by atoms with E-state index in [2.05, 4.69) is 25.1 Å². The molecule has 44 heavy (non-hydrogen) atoms. The molecule has 4 aromatic rings. The molecule has 9 nitrogen and oxygen atoms in total. The van der Waals surface area contributed by atoms with Crippen LogP contribution in [0.3, 0.4) is 0 Å². The molecule has 3 saturated heterocycles. The van der Waals surface area contributed by atoms with Gasteiger partial charge in [0.1, 0.15) is 29.8 Å². The standard InChI is InChI=1S/C31H33ClF3N7O2/c1-17(33)9-19-22(32)10-23-20(13-37-40-23)24(19)27-25(35)26-21(12-36-27)28(41-7-3-5-30(2,43)15-41)39-29(38-26)44-16-31-6-4-8-42(31)14-18(34)11-31/h9-10,12-13,18,43H,3-8,11,14-16H2,1-2H3,(H,37,40)/b17-9+/t18-,30-,31+/m1/s1. The molecule has 3 aliphatic rings. The minimum Gasteiger partial charge on any atom is -0.461 e. The Morgan fingerprint density at radius 1 is 1.23 bits per heavy atom. The molecule has 0 spiro atoms. The number of benzene rings is 1. The summed E-state index contributed by atoms with van der Waals surface area (Å²) in [5.74, 6) is -0.892. The summed E-state index contributed by atoms with van der Waals surface area (Å²) in [6.07, 6.45) is 6.74. The van der Waals surface area contributed by atoms with E-state index in [0.717, 1.165) is 19.4 Å². The van der Waals surface area contributed by atoms with Crippen LogP contribution in [-0.4, -0.2) is 85.3 Å². The molecule has 232 valence electrons. The van der Waals surface area contributed by atoms with Gasteiger partial charge in [0, 0.05) is 48.8 Å². The van der Waals surface area contributed by atoms with Gasteiger partial charge in [0.05, 0.1) is 39.1 Å². The number of aromatic nitrogens is 5. The zero-order chi connectivity index (χ0) is 30.8. The highest BCUT2D eigenvalue weighted by atomic mass is 35.5. The van der Waals surface area contributed by atoms with E-state index in [1.54, 1.807) is 13.0 Å². The molecule has 3 atom stereocenters. The minimum absolute atomic E-state index is 0.0423. The van der Waals surface area contributed by atoms with Crippen molar-refractivity contribution in [2.45, 2.75) is 63.3 Å². The van der Waals surface area contributed by atoms with Crippen molar-refractivity contribution in [3.05, 3.63) is 40.7 Å². The fraction of sp³-hybridized carbons (Fsp3) is 0.484. The number of nitrogens with zero attached hydrogens (tertiary/aromatic N) is 6. The Kier molecular flexibility index (Phi) is 7.21. The first-order chi connectivity index (χ1) is 21.0. The van der Waals surface area contributed by atoms with E-state index in [0.29, 0.717) is 54.5 Å². The largest absolute Gasteiger partial charge is 0.461 e. The van der Waals surface area contributed by atoms with Crippen LogP contribution in [0.25, 0.3) is 39.1 Å². The van der Waals surface area contributed by atoms with Crippen molar-refractivity contribution in [3.8, 4) is 17.3 Å². The number of ether oxygens (including phenoxy) is 1. The van der Waals surface area contributed by atoms with Crippen LogP contribution < -0.4 is 9.64 Å². The van der Waals surface area contributed by atoms with Crippen molar-refractivity contribution in [2.75, 3.05) is 37.7 Å². The van der Waals surface area contributed by atoms with E-state index in [1.165, 1.54) is 25.4 Å². The number of hydrogen-bond acceptors (Lipinski definition) is 8. The monoisotopic (exact) mass is 627 g/mol. The number of hydrogen-bond donors (Lipinski definition) is 2. The average molecular weight is 628 g/mol. The summed E-state index contributed by atoms with van der Waals surface area (Å²) in [5, 5.41) is 18.8. The van der Waals surface area contributed by atoms with Gasteiger partial charge < -0.3 is 14.7 Å². The second-order valence-electron chi connectivity index (χ2n) is 12.6. The van der Waals surface area contributed by atoms with Crippen molar-refractivity contribution < 1.29 is 23.0 Å². The Bertz CT molecular complexity index is 1790. The molecule has 0 saturated carbocycles. The molecule has 0 unspecified atom stereocenters. The van der Waals surface area contributed by atoms with Crippen molar-refractivity contribution in [1.82, 2.24) is 30.0 Å². The van der Waals surface area contributed by atoms with Crippen LogP contribution in [0, 0.1) is 5.82 Å². The quantitative estimate of drug-likeness (QED) is 0.268. The maximum Gasteiger partial charge on any atom is 0.319 e. The Morgan fingerprint density at radius 2 is 2.05 bits per heavy atom. The zero-order valence-electron chi connectivity index (χ0n) is 24.5. The van der Waals surface area contributed by atoms with Crippen molar-refractivity contribution in [1.29, 1.82) is 0 Å². The molecule has 3 fully saturated rings. The molecule has 6 heterocycles. The van der Waals surface area contributed by atoms with E-state index in [-0.39, 0.29) is 46.5 Å². The van der Waals surface area contributed by atoms with Crippen LogP contribution in [0.1, 0.15) is 51.5 Å². The third-order valence-electron chi connectivity index (χ3n) is 9.16. The molecule has 0 aliphatic carbocycles. The number of anilines is 1. The second kappa shape index (κ2) is 10.8. The SMILES string of the molecule is C/C(F)=C\c1c(Cl)cc2[nH]ncc2c1-c1ncc2c(N3CCC[C@@](C)(O)C3)nc(OC[C@@]34CCCN3C[C@H](F)C4)nc2c1F. The first kappa shape index (κ1) is 29.2. The van der Waals surface area contributed by atoms with Crippen LogP contribution in [0.15, 0.2) is 24.3 Å². The highest BCUT2D eigenvalue weighted by Crippen LogP contribution is 2.42. The van der Waals surface area contributed by atoms with E-state index < -0.39 is 29.0 Å². The summed E-state index contributed by atoms with van der Waals surface area (Å²) < 4.78 is 51.6. The Balaban J connectivity index is 1.39. The molecular weight excluding hydrogens is 595 g/mol. The molecule has 0 radical (unpaired) electrons. The Hall–Kier alpha value is -3.48. The van der Waals surface area contributed by atoms with Crippen LogP contribution in [-0.2, 0) is 0 Å². The predicted octanol–water partition coefficient (Wildman–Crippen LogP) is 6.00. The highest BCUT2D eigenvalue weighted by Gasteiger charge is 2.49. The van der Waals surface area contributed by atoms with Gasteiger partial charge in [-0.2, -0.15) is 15.1 Å². The van der Waals surface area contributed by atoms with E-state index >= 15 is 4.39 Å². The summed E-state index contributed by atoms with van der Waals surface area (Å²) in [6, 6.07) is 1.56. The van der Waals surface area contributed by atoms with E-state index in [1.807, 2.05) is 4.90 Å². The molecule has 1 aromatic carbocycles. The van der Waals surface area contributed by atoms with Crippen molar-refractivity contribution in [3.63, 3.8) is 0 Å². The zero-order valence-corrected chi connectivity index (χ0v) is 25.3. The fourth-order valence-corrected chi connectivity index (χ4v) is 7.48. The van der Waals surface area contributed by atoms with Gasteiger partial charge >= 0.3 is 6.01 Å². The highest BCUT2D eigenvalue weighted by molar-refractivity contribution is 6.34. The molecule has 3 aliphatic heterocycles. The summed E-state index contributed by atoms with van der Waals surface area (Å²) in [7, 11) is 0. The van der Waals surface area contributed by atoms with Gasteiger partial charge in [0.2, 0.25) is 0 Å². The lowest BCUT2D eigenvalue weighted by molar-refractivity contribution is 0.0447. The molecule has 13 heteroatoms. The number of rotatable bonds is 6. The summed E-state index contributed by atoms with van der Waals surface area (Å²) >= 11 is 6.55. The van der Waals surface area contributed by atoms with Gasteiger partial charge in [-0.3, -0.25) is 15.0 Å². The van der Waals surface area contributed by atoms with Gasteiger partial charge in [0.15, 0.2) is 5.82 Å². The number of pyridine rings is 1. The van der Waals surface area contributed by atoms with Crippen LogP contribution in [0.4, 0.5) is 19.0 Å². The lowest BCUT2D eigenvalue weighted by Crippen LogP contribution is -2.46. The summed E-state index contributed by atoms with van der Waals surface area (Å²) in [4.78, 5) is 17.8. The lowest BCUT2D eigenvalue weighted by atomic mass is 9.95. The lowest BCUT2D eigenvalue weighted by Gasteiger charge is -2.38. The third-order valence-corrected chi connectivity index (χ3v) is 9.48. The molecule has 2 N–H and O–H groups in total. The molecule has 3 aromatic heterocycles. The van der Waals surface area contributed by atoms with Crippen LogP contribution in [0.5, 0.6) is 6.01 Å². The smallest absolute Gasteiger partial charge is 0.319 e. The number of nitrogens with one attached hydrogen (secondary N) is 1. The van der Waals surface area contributed by atoms with Gasteiger partial charge in [-0.1, -0.05) is 11.6 Å². The number of alkyl halides is 1. The van der Waals surface area contributed by atoms with Gasteiger partial charge in [-0.25, -0.2) is 13.2 Å². The fourth-order valence-electron chi connectivity index (χ4n) is 7.22. The van der Waals surface area contributed by atoms with Gasteiger partial charge in [0.25, 0.3) is 0 Å². The topological polar surface area (TPSA) is 103 Å². The van der Waals surface area contributed by atoms with Crippen molar-refractivity contribution >= 4 is 45.3 Å². The predicted molar refractivity (Wildman–Crippen MR) is 163 cm³/mol. The number of fused-ring (bicyclic) bond motifs is 3. The molecular formula is C31H33ClF3N7O2. The maximum atomic E-state index is 16.8. The first-order valence-electron chi connectivity index (χ1n) is 14.9. The summed E-state index contributed by atoms with van der Waals surface area (Å²) in [6.45, 7) is 5.24. The number of β-amino-alcohol motifs (C(OH)–C–C–N with tert-alkyl or cyclic N) is 1. The molecule has 7 rings (SSSR count). The molecule has 0 bridgehead atoms. The normalized spacial score (nSPS) is 26.2. The van der Waals surface area contributed by atoms with Gasteiger partial charge in [-0.05, 0) is 58.2 Å². The van der Waals surface area contributed by atoms with Crippen molar-refractivity contribution in [2.24, 2.45) is 0 Å². The minimum atomic E-state index is -0.967. The number of aliphatic hydroxyl groups is 1. The second-order valence-corrected chi connectivity index (χ2v) is 13.0. The van der Waals surface area contributed by atoms with E-state index in [4.69, 9.17) is 21.3 Å². The third kappa shape index (κ3) is 5.06. The first-order valence-corrected chi connectivity index (χ1v) is 15.3.